The number of rotatable bonds is 4. The van der Waals surface area contributed by atoms with Crippen molar-refractivity contribution in [1.82, 2.24) is 4.90 Å². The molecule has 3 rings (SSSR count). The first-order valence-electron chi connectivity index (χ1n) is 7.56. The van der Waals surface area contributed by atoms with Gasteiger partial charge in [-0.05, 0) is 60.3 Å². The van der Waals surface area contributed by atoms with Gasteiger partial charge in [-0.3, -0.25) is 0 Å². The molecule has 0 bridgehead atoms. The van der Waals surface area contributed by atoms with Gasteiger partial charge in [0.15, 0.2) is 0 Å². The lowest BCUT2D eigenvalue weighted by atomic mass is 9.97. The topological polar surface area (TPSA) is 12.5 Å². The van der Waals surface area contributed by atoms with E-state index in [9.17, 15) is 0 Å². The van der Waals surface area contributed by atoms with Crippen LogP contribution >= 0.6 is 12.4 Å². The fourth-order valence-electron chi connectivity index (χ4n) is 3.13. The van der Waals surface area contributed by atoms with Crippen LogP contribution in [0.1, 0.15) is 31.2 Å². The minimum Gasteiger partial charge on any atom is -0.497 e. The number of fused-ring (bicyclic) bond motifs is 1. The van der Waals surface area contributed by atoms with Gasteiger partial charge in [-0.2, -0.15) is 0 Å². The second kappa shape index (κ2) is 7.15. The van der Waals surface area contributed by atoms with Crippen LogP contribution in [0.25, 0.3) is 10.8 Å². The van der Waals surface area contributed by atoms with E-state index < -0.39 is 0 Å². The third-order valence-electron chi connectivity index (χ3n) is 4.37. The number of nitrogens with zero attached hydrogens (tertiary/aromatic N) is 1. The van der Waals surface area contributed by atoms with Crippen LogP contribution in [0.3, 0.4) is 0 Å². The number of ether oxygens (including phenoxy) is 1. The molecular weight excluding hydrogens is 282 g/mol. The van der Waals surface area contributed by atoms with E-state index in [4.69, 9.17) is 4.74 Å². The zero-order valence-electron chi connectivity index (χ0n) is 12.8. The van der Waals surface area contributed by atoms with Crippen LogP contribution in [-0.2, 0) is 0 Å². The number of likely N-dealkylation sites (tertiary alicyclic amines) is 1. The molecular formula is C18H24ClNO. The van der Waals surface area contributed by atoms with Gasteiger partial charge in [-0.15, -0.1) is 12.4 Å². The van der Waals surface area contributed by atoms with Crippen LogP contribution in [0.2, 0.25) is 0 Å². The van der Waals surface area contributed by atoms with Gasteiger partial charge >= 0.3 is 0 Å². The highest BCUT2D eigenvalue weighted by molar-refractivity contribution is 5.85. The molecule has 0 N–H and O–H groups in total. The Morgan fingerprint density at radius 3 is 2.43 bits per heavy atom. The van der Waals surface area contributed by atoms with E-state index in [-0.39, 0.29) is 12.4 Å². The average Bonchev–Trinajstić information content (AvgIpc) is 2.99. The third-order valence-corrected chi connectivity index (χ3v) is 4.37. The Labute approximate surface area is 133 Å². The summed E-state index contributed by atoms with van der Waals surface area (Å²) in [5.41, 5.74) is 1.44. The maximum absolute atomic E-state index is 5.28. The van der Waals surface area contributed by atoms with Gasteiger partial charge in [0.05, 0.1) is 7.11 Å². The largest absolute Gasteiger partial charge is 0.497 e. The Hall–Kier alpha value is -1.25. The standard InChI is InChI=1S/C18H23NO.ClH/c1-14(13-19-9-3-4-10-19)15-5-6-17-12-18(20-2)8-7-16(17)11-15;/h5-8,11-12,14H,3-4,9-10,13H2,1-2H3;1H. The van der Waals surface area contributed by atoms with E-state index >= 15 is 0 Å². The van der Waals surface area contributed by atoms with Crippen molar-refractivity contribution in [3.63, 3.8) is 0 Å². The van der Waals surface area contributed by atoms with Crippen LogP contribution in [0.4, 0.5) is 0 Å². The van der Waals surface area contributed by atoms with Crippen molar-refractivity contribution in [3.8, 4) is 5.75 Å². The van der Waals surface area contributed by atoms with Crippen LogP contribution in [-0.4, -0.2) is 31.6 Å². The molecule has 2 aromatic carbocycles. The molecule has 1 fully saturated rings. The third kappa shape index (κ3) is 3.69. The van der Waals surface area contributed by atoms with E-state index in [2.05, 4.69) is 42.2 Å². The Morgan fingerprint density at radius 2 is 1.71 bits per heavy atom. The van der Waals surface area contributed by atoms with Crippen molar-refractivity contribution in [2.45, 2.75) is 25.7 Å². The summed E-state index contributed by atoms with van der Waals surface area (Å²) in [5.74, 6) is 1.52. The highest BCUT2D eigenvalue weighted by atomic mass is 35.5. The van der Waals surface area contributed by atoms with Crippen LogP contribution < -0.4 is 4.74 Å². The molecule has 0 spiro atoms. The predicted octanol–water partition coefficient (Wildman–Crippen LogP) is 4.47. The van der Waals surface area contributed by atoms with Gasteiger partial charge < -0.3 is 9.64 Å². The monoisotopic (exact) mass is 305 g/mol. The molecule has 1 aliphatic heterocycles. The summed E-state index contributed by atoms with van der Waals surface area (Å²) in [5, 5.41) is 2.55. The first kappa shape index (κ1) is 16.1. The molecule has 1 saturated heterocycles. The molecule has 1 aliphatic rings. The molecule has 2 nitrogen and oxygen atoms in total. The van der Waals surface area contributed by atoms with Crippen molar-refractivity contribution >= 4 is 23.2 Å². The summed E-state index contributed by atoms with van der Waals surface area (Å²) < 4.78 is 5.28. The smallest absolute Gasteiger partial charge is 0.119 e. The highest BCUT2D eigenvalue weighted by Gasteiger charge is 2.15. The first-order chi connectivity index (χ1) is 9.76. The van der Waals surface area contributed by atoms with Crippen molar-refractivity contribution in [2.75, 3.05) is 26.7 Å². The summed E-state index contributed by atoms with van der Waals surface area (Å²) in [6.45, 7) is 6.06. The minimum atomic E-state index is 0. The van der Waals surface area contributed by atoms with Gasteiger partial charge in [-0.1, -0.05) is 31.2 Å². The van der Waals surface area contributed by atoms with Gasteiger partial charge in [0.1, 0.15) is 5.75 Å². The van der Waals surface area contributed by atoms with Crippen molar-refractivity contribution < 1.29 is 4.74 Å². The van der Waals surface area contributed by atoms with E-state index in [0.29, 0.717) is 5.92 Å². The van der Waals surface area contributed by atoms with E-state index in [1.54, 1.807) is 7.11 Å². The summed E-state index contributed by atoms with van der Waals surface area (Å²) in [6.07, 6.45) is 2.73. The second-order valence-electron chi connectivity index (χ2n) is 5.88. The predicted molar refractivity (Wildman–Crippen MR) is 91.8 cm³/mol. The van der Waals surface area contributed by atoms with Gasteiger partial charge in [0, 0.05) is 6.54 Å². The zero-order chi connectivity index (χ0) is 13.9. The summed E-state index contributed by atoms with van der Waals surface area (Å²) in [6, 6.07) is 13.1. The summed E-state index contributed by atoms with van der Waals surface area (Å²) >= 11 is 0. The lowest BCUT2D eigenvalue weighted by Gasteiger charge is -2.20. The van der Waals surface area contributed by atoms with Gasteiger partial charge in [-0.25, -0.2) is 0 Å². The molecule has 0 radical (unpaired) electrons. The molecule has 0 aromatic heterocycles. The van der Waals surface area contributed by atoms with Gasteiger partial charge in [0.25, 0.3) is 0 Å². The average molecular weight is 306 g/mol. The van der Waals surface area contributed by atoms with E-state index in [0.717, 1.165) is 5.75 Å². The Balaban J connectivity index is 0.00000161. The number of hydrogen-bond donors (Lipinski definition) is 0. The van der Waals surface area contributed by atoms with E-state index in [1.807, 2.05) is 6.07 Å². The zero-order valence-corrected chi connectivity index (χ0v) is 13.7. The van der Waals surface area contributed by atoms with Crippen LogP contribution in [0, 0.1) is 0 Å². The molecule has 0 saturated carbocycles. The molecule has 114 valence electrons. The molecule has 1 unspecified atom stereocenters. The molecule has 1 atom stereocenters. The van der Waals surface area contributed by atoms with Crippen molar-refractivity contribution in [3.05, 3.63) is 42.0 Å². The van der Waals surface area contributed by atoms with Crippen LogP contribution in [0.5, 0.6) is 5.75 Å². The number of benzene rings is 2. The maximum Gasteiger partial charge on any atom is 0.119 e. The SMILES string of the molecule is COc1ccc2cc(C(C)CN3CCCC3)ccc2c1.Cl. The highest BCUT2D eigenvalue weighted by Crippen LogP contribution is 2.26. The molecule has 0 aliphatic carbocycles. The Kier molecular flexibility index (Phi) is 5.49. The first-order valence-corrected chi connectivity index (χ1v) is 7.56. The molecule has 21 heavy (non-hydrogen) atoms. The number of halogens is 1. The fourth-order valence-corrected chi connectivity index (χ4v) is 3.13. The Morgan fingerprint density at radius 1 is 1.05 bits per heavy atom. The second-order valence-corrected chi connectivity index (χ2v) is 5.88. The molecule has 3 heteroatoms. The van der Waals surface area contributed by atoms with Crippen LogP contribution in [0.15, 0.2) is 36.4 Å². The lowest BCUT2D eigenvalue weighted by molar-refractivity contribution is 0.321. The number of methoxy groups -OCH3 is 1. The number of hydrogen-bond acceptors (Lipinski definition) is 2. The summed E-state index contributed by atoms with van der Waals surface area (Å²) in [7, 11) is 1.72. The summed E-state index contributed by atoms with van der Waals surface area (Å²) in [4.78, 5) is 2.59. The quantitative estimate of drug-likeness (QED) is 0.826. The van der Waals surface area contributed by atoms with Crippen molar-refractivity contribution in [2.24, 2.45) is 0 Å². The minimum absolute atomic E-state index is 0. The fraction of sp³-hybridized carbons (Fsp3) is 0.444. The lowest BCUT2D eigenvalue weighted by Crippen LogP contribution is -2.24. The van der Waals surface area contributed by atoms with E-state index in [1.165, 1.54) is 48.8 Å². The normalized spacial score (nSPS) is 16.7. The molecule has 2 aromatic rings. The maximum atomic E-state index is 5.28. The molecule has 0 amide bonds. The van der Waals surface area contributed by atoms with Gasteiger partial charge in [0.2, 0.25) is 0 Å². The van der Waals surface area contributed by atoms with Crippen molar-refractivity contribution in [1.29, 1.82) is 0 Å². The molecule has 1 heterocycles. The Bertz CT molecular complexity index is 593.